The second kappa shape index (κ2) is 7.36. The maximum atomic E-state index is 5.54. The Balaban J connectivity index is 2.95. The molecule has 0 N–H and O–H groups in total. The number of likely N-dealkylation sites (N-methyl/N-ethyl adjacent to an activating group) is 1. The van der Waals surface area contributed by atoms with E-state index in [1.807, 2.05) is 7.05 Å². The standard InChI is InChI=1S/C15H25NO3/c1-11-12(2)15(19-6)13(9-14(11)18-5)7-8-16(3)10-17-4/h9H,7-8,10H2,1-6H3. The molecule has 0 spiro atoms. The second-order valence-corrected chi connectivity index (χ2v) is 4.77. The van der Waals surface area contributed by atoms with Crippen molar-refractivity contribution in [3.05, 3.63) is 22.8 Å². The van der Waals surface area contributed by atoms with Crippen LogP contribution in [0.5, 0.6) is 11.5 Å². The number of methoxy groups -OCH3 is 3. The van der Waals surface area contributed by atoms with E-state index in [1.54, 1.807) is 21.3 Å². The van der Waals surface area contributed by atoms with Gasteiger partial charge in [0.15, 0.2) is 0 Å². The quantitative estimate of drug-likeness (QED) is 0.710. The molecule has 4 nitrogen and oxygen atoms in total. The first-order valence-corrected chi connectivity index (χ1v) is 6.43. The number of benzene rings is 1. The predicted octanol–water partition coefficient (Wildman–Crippen LogP) is 2.40. The van der Waals surface area contributed by atoms with Gasteiger partial charge in [0.1, 0.15) is 11.5 Å². The number of nitrogens with zero attached hydrogens (tertiary/aromatic N) is 1. The van der Waals surface area contributed by atoms with Gasteiger partial charge in [-0.25, -0.2) is 0 Å². The van der Waals surface area contributed by atoms with E-state index in [0.717, 1.165) is 35.6 Å². The average Bonchev–Trinajstić information content (AvgIpc) is 2.40. The van der Waals surface area contributed by atoms with Crippen LogP contribution in [0.15, 0.2) is 6.07 Å². The van der Waals surface area contributed by atoms with Crippen LogP contribution in [0.4, 0.5) is 0 Å². The molecule has 0 saturated heterocycles. The van der Waals surface area contributed by atoms with Crippen molar-refractivity contribution in [3.8, 4) is 11.5 Å². The van der Waals surface area contributed by atoms with E-state index in [4.69, 9.17) is 14.2 Å². The molecule has 1 rings (SSSR count). The van der Waals surface area contributed by atoms with Crippen molar-refractivity contribution < 1.29 is 14.2 Å². The van der Waals surface area contributed by atoms with Crippen LogP contribution in [0.2, 0.25) is 0 Å². The van der Waals surface area contributed by atoms with Crippen LogP contribution in [-0.2, 0) is 11.2 Å². The van der Waals surface area contributed by atoms with Gasteiger partial charge in [0.05, 0.1) is 21.0 Å². The topological polar surface area (TPSA) is 30.9 Å². The summed E-state index contributed by atoms with van der Waals surface area (Å²) >= 11 is 0. The Morgan fingerprint density at radius 1 is 1.05 bits per heavy atom. The average molecular weight is 267 g/mol. The lowest BCUT2D eigenvalue weighted by Crippen LogP contribution is -2.23. The Morgan fingerprint density at radius 3 is 2.26 bits per heavy atom. The minimum Gasteiger partial charge on any atom is -0.496 e. The lowest BCUT2D eigenvalue weighted by atomic mass is 10.0. The summed E-state index contributed by atoms with van der Waals surface area (Å²) in [6.07, 6.45) is 0.903. The van der Waals surface area contributed by atoms with Crippen molar-refractivity contribution in [1.29, 1.82) is 0 Å². The minimum atomic E-state index is 0.629. The highest BCUT2D eigenvalue weighted by molar-refractivity contribution is 5.52. The molecular weight excluding hydrogens is 242 g/mol. The first-order chi connectivity index (χ1) is 9.04. The van der Waals surface area contributed by atoms with Crippen molar-refractivity contribution >= 4 is 0 Å². The molecule has 108 valence electrons. The molecule has 1 aromatic carbocycles. The third kappa shape index (κ3) is 3.85. The number of hydrogen-bond acceptors (Lipinski definition) is 4. The molecule has 0 aliphatic rings. The molecule has 1 aromatic rings. The molecule has 0 fully saturated rings. The molecule has 0 saturated carbocycles. The molecule has 0 aromatic heterocycles. The zero-order chi connectivity index (χ0) is 14.4. The van der Waals surface area contributed by atoms with Crippen molar-refractivity contribution in [2.24, 2.45) is 0 Å². The fraction of sp³-hybridized carbons (Fsp3) is 0.600. The summed E-state index contributed by atoms with van der Waals surface area (Å²) in [5.74, 6) is 1.88. The lowest BCUT2D eigenvalue weighted by Gasteiger charge is -2.19. The summed E-state index contributed by atoms with van der Waals surface area (Å²) in [5, 5.41) is 0. The van der Waals surface area contributed by atoms with Crippen LogP contribution in [0.3, 0.4) is 0 Å². The summed E-state index contributed by atoms with van der Waals surface area (Å²) in [5.41, 5.74) is 3.45. The van der Waals surface area contributed by atoms with Crippen molar-refractivity contribution in [2.75, 3.05) is 41.7 Å². The van der Waals surface area contributed by atoms with Crippen molar-refractivity contribution in [1.82, 2.24) is 4.90 Å². The zero-order valence-electron chi connectivity index (χ0n) is 12.9. The van der Waals surface area contributed by atoms with Crippen molar-refractivity contribution in [3.63, 3.8) is 0 Å². The molecule has 0 aliphatic carbocycles. The van der Waals surface area contributed by atoms with Gasteiger partial charge in [-0.1, -0.05) is 0 Å². The molecule has 0 unspecified atom stereocenters. The number of ether oxygens (including phenoxy) is 3. The van der Waals surface area contributed by atoms with Crippen LogP contribution in [0, 0.1) is 13.8 Å². The summed E-state index contributed by atoms with van der Waals surface area (Å²) in [4.78, 5) is 2.13. The summed E-state index contributed by atoms with van der Waals surface area (Å²) < 4.78 is 16.1. The molecule has 0 heterocycles. The minimum absolute atomic E-state index is 0.629. The normalized spacial score (nSPS) is 10.9. The molecule has 0 atom stereocenters. The van der Waals surface area contributed by atoms with Gasteiger partial charge in [-0.15, -0.1) is 0 Å². The van der Waals surface area contributed by atoms with E-state index in [-0.39, 0.29) is 0 Å². The van der Waals surface area contributed by atoms with Crippen LogP contribution in [0.25, 0.3) is 0 Å². The molecular formula is C15H25NO3. The Bertz CT molecular complexity index is 418. The summed E-state index contributed by atoms with van der Waals surface area (Å²) in [7, 11) is 7.16. The Labute approximate surface area is 116 Å². The van der Waals surface area contributed by atoms with E-state index in [9.17, 15) is 0 Å². The van der Waals surface area contributed by atoms with E-state index < -0.39 is 0 Å². The van der Waals surface area contributed by atoms with Gasteiger partial charge < -0.3 is 14.2 Å². The van der Waals surface area contributed by atoms with Gasteiger partial charge in [0.25, 0.3) is 0 Å². The van der Waals surface area contributed by atoms with Crippen LogP contribution in [-0.4, -0.2) is 46.6 Å². The van der Waals surface area contributed by atoms with Gasteiger partial charge >= 0.3 is 0 Å². The van der Waals surface area contributed by atoms with Gasteiger partial charge in [0, 0.05) is 13.7 Å². The third-order valence-electron chi connectivity index (χ3n) is 3.41. The maximum absolute atomic E-state index is 5.54. The molecule has 19 heavy (non-hydrogen) atoms. The van der Waals surface area contributed by atoms with E-state index in [2.05, 4.69) is 24.8 Å². The van der Waals surface area contributed by atoms with E-state index in [0.29, 0.717) is 6.73 Å². The van der Waals surface area contributed by atoms with Gasteiger partial charge in [-0.05, 0) is 50.1 Å². The lowest BCUT2D eigenvalue weighted by molar-refractivity contribution is 0.0826. The van der Waals surface area contributed by atoms with Crippen LogP contribution >= 0.6 is 0 Å². The Hall–Kier alpha value is -1.26. The smallest absolute Gasteiger partial charge is 0.125 e. The predicted molar refractivity (Wildman–Crippen MR) is 77.2 cm³/mol. The largest absolute Gasteiger partial charge is 0.496 e. The fourth-order valence-corrected chi connectivity index (χ4v) is 2.21. The highest BCUT2D eigenvalue weighted by Gasteiger charge is 2.14. The van der Waals surface area contributed by atoms with Gasteiger partial charge in [-0.3, -0.25) is 4.90 Å². The van der Waals surface area contributed by atoms with Crippen LogP contribution < -0.4 is 9.47 Å². The SMILES string of the molecule is COCN(C)CCc1cc(OC)c(C)c(C)c1OC. The molecule has 0 amide bonds. The fourth-order valence-electron chi connectivity index (χ4n) is 2.21. The first-order valence-electron chi connectivity index (χ1n) is 6.43. The molecule has 0 radical (unpaired) electrons. The second-order valence-electron chi connectivity index (χ2n) is 4.77. The van der Waals surface area contributed by atoms with Crippen LogP contribution in [0.1, 0.15) is 16.7 Å². The zero-order valence-corrected chi connectivity index (χ0v) is 12.9. The summed E-state index contributed by atoms with van der Waals surface area (Å²) in [6.45, 7) is 5.66. The molecule has 0 bridgehead atoms. The Morgan fingerprint density at radius 2 is 1.74 bits per heavy atom. The number of rotatable bonds is 7. The highest BCUT2D eigenvalue weighted by Crippen LogP contribution is 2.33. The first kappa shape index (κ1) is 15.8. The maximum Gasteiger partial charge on any atom is 0.125 e. The molecule has 4 heteroatoms. The van der Waals surface area contributed by atoms with E-state index in [1.165, 1.54) is 5.56 Å². The van der Waals surface area contributed by atoms with Crippen molar-refractivity contribution in [2.45, 2.75) is 20.3 Å². The Kier molecular flexibility index (Phi) is 6.12. The summed E-state index contributed by atoms with van der Waals surface area (Å²) in [6, 6.07) is 2.07. The van der Waals surface area contributed by atoms with Gasteiger partial charge in [-0.2, -0.15) is 0 Å². The monoisotopic (exact) mass is 267 g/mol. The third-order valence-corrected chi connectivity index (χ3v) is 3.41. The highest BCUT2D eigenvalue weighted by atomic mass is 16.5. The molecule has 0 aliphatic heterocycles. The van der Waals surface area contributed by atoms with Gasteiger partial charge in [0.2, 0.25) is 0 Å². The number of hydrogen-bond donors (Lipinski definition) is 0. The van der Waals surface area contributed by atoms with E-state index >= 15 is 0 Å².